The van der Waals surface area contributed by atoms with E-state index in [4.69, 9.17) is 9.15 Å². The lowest BCUT2D eigenvalue weighted by Gasteiger charge is -2.17. The Hall–Kier alpha value is -1.86. The molecule has 106 valence electrons. The predicted octanol–water partition coefficient (Wildman–Crippen LogP) is 3.27. The first-order valence-corrected chi connectivity index (χ1v) is 6.61. The highest BCUT2D eigenvalue weighted by molar-refractivity contribution is 9.10. The molecule has 6 nitrogen and oxygen atoms in total. The van der Waals surface area contributed by atoms with Gasteiger partial charge in [0.2, 0.25) is 0 Å². The van der Waals surface area contributed by atoms with Crippen molar-refractivity contribution in [3.05, 3.63) is 56.2 Å². The van der Waals surface area contributed by atoms with Crippen molar-refractivity contribution >= 4 is 21.8 Å². The lowest BCUT2D eigenvalue weighted by molar-refractivity contribution is -0.402. The number of rotatable bonds is 5. The molecule has 0 amide bonds. The number of nitrogens with one attached hydrogen (secondary N) is 1. The van der Waals surface area contributed by atoms with Crippen LogP contribution in [-0.2, 0) is 0 Å². The van der Waals surface area contributed by atoms with Crippen LogP contribution < -0.4 is 10.1 Å². The first kappa shape index (κ1) is 14.5. The molecular formula is C13H13BrN2O4. The van der Waals surface area contributed by atoms with Crippen LogP contribution in [0.5, 0.6) is 5.75 Å². The van der Waals surface area contributed by atoms with Gasteiger partial charge in [-0.3, -0.25) is 10.1 Å². The second-order valence-corrected chi connectivity index (χ2v) is 4.96. The molecule has 1 aromatic carbocycles. The minimum atomic E-state index is -0.561. The number of nitrogens with zero attached hydrogens (tertiary/aromatic N) is 1. The van der Waals surface area contributed by atoms with Gasteiger partial charge in [0.15, 0.2) is 0 Å². The van der Waals surface area contributed by atoms with Crippen LogP contribution in [-0.4, -0.2) is 19.1 Å². The lowest BCUT2D eigenvalue weighted by atomic mass is 10.0. The summed E-state index contributed by atoms with van der Waals surface area (Å²) >= 11 is 3.40. The number of methoxy groups -OCH3 is 1. The van der Waals surface area contributed by atoms with Crippen molar-refractivity contribution in [3.8, 4) is 5.75 Å². The maximum Gasteiger partial charge on any atom is 0.433 e. The Balaban J connectivity index is 2.45. The summed E-state index contributed by atoms with van der Waals surface area (Å²) in [7, 11) is 3.32. The first-order valence-electron chi connectivity index (χ1n) is 5.81. The second-order valence-electron chi connectivity index (χ2n) is 4.04. The number of ether oxygens (including phenoxy) is 1. The van der Waals surface area contributed by atoms with Crippen LogP contribution in [0, 0.1) is 10.1 Å². The van der Waals surface area contributed by atoms with E-state index in [9.17, 15) is 10.1 Å². The smallest absolute Gasteiger partial charge is 0.433 e. The minimum absolute atomic E-state index is 0.283. The summed E-state index contributed by atoms with van der Waals surface area (Å²) in [5.41, 5.74) is 0.827. The Kier molecular flexibility index (Phi) is 4.41. The molecule has 1 N–H and O–H groups in total. The van der Waals surface area contributed by atoms with E-state index in [1.54, 1.807) is 20.2 Å². The molecular weight excluding hydrogens is 328 g/mol. The zero-order chi connectivity index (χ0) is 14.7. The third-order valence-corrected chi connectivity index (χ3v) is 3.36. The van der Waals surface area contributed by atoms with Gasteiger partial charge < -0.3 is 14.5 Å². The molecule has 0 radical (unpaired) electrons. The topological polar surface area (TPSA) is 77.5 Å². The van der Waals surface area contributed by atoms with Crippen LogP contribution in [0.1, 0.15) is 17.4 Å². The summed E-state index contributed by atoms with van der Waals surface area (Å²) in [6, 6.07) is 8.15. The molecule has 0 aliphatic rings. The van der Waals surface area contributed by atoms with Crippen molar-refractivity contribution in [2.45, 2.75) is 6.04 Å². The molecule has 1 aromatic heterocycles. The Morgan fingerprint density at radius 3 is 2.70 bits per heavy atom. The van der Waals surface area contributed by atoms with Crippen molar-refractivity contribution in [1.29, 1.82) is 0 Å². The fraction of sp³-hybridized carbons (Fsp3) is 0.231. The van der Waals surface area contributed by atoms with E-state index in [1.165, 1.54) is 6.07 Å². The van der Waals surface area contributed by atoms with E-state index >= 15 is 0 Å². The Bertz CT molecular complexity index is 627. The molecule has 0 fully saturated rings. The Morgan fingerprint density at radius 2 is 2.15 bits per heavy atom. The van der Waals surface area contributed by atoms with E-state index in [1.807, 2.05) is 18.2 Å². The zero-order valence-corrected chi connectivity index (χ0v) is 12.5. The van der Waals surface area contributed by atoms with Gasteiger partial charge in [0.25, 0.3) is 0 Å². The molecule has 0 aliphatic heterocycles. The number of benzene rings is 1. The lowest BCUT2D eigenvalue weighted by Crippen LogP contribution is -2.17. The van der Waals surface area contributed by atoms with Crippen molar-refractivity contribution < 1.29 is 14.1 Å². The van der Waals surface area contributed by atoms with Gasteiger partial charge in [-0.1, -0.05) is 15.9 Å². The standard InChI is InChI=1S/C13H13BrN2O4/c1-15-13(11-5-6-12(20-11)16(17)18)9-7-8(14)3-4-10(9)19-2/h3-7,13,15H,1-2H3. The SMILES string of the molecule is CNC(c1ccc([N+](=O)[O-])o1)c1cc(Br)ccc1OC. The van der Waals surface area contributed by atoms with Crippen LogP contribution in [0.25, 0.3) is 0 Å². The summed E-state index contributed by atoms with van der Waals surface area (Å²) < 4.78 is 11.5. The summed E-state index contributed by atoms with van der Waals surface area (Å²) in [5, 5.41) is 13.8. The first-order chi connectivity index (χ1) is 9.56. The third-order valence-electron chi connectivity index (χ3n) is 2.87. The maximum atomic E-state index is 10.7. The minimum Gasteiger partial charge on any atom is -0.496 e. The highest BCUT2D eigenvalue weighted by atomic mass is 79.9. The summed E-state index contributed by atoms with van der Waals surface area (Å²) in [4.78, 5) is 10.1. The van der Waals surface area contributed by atoms with Gasteiger partial charge in [0.05, 0.1) is 19.2 Å². The summed E-state index contributed by atoms with van der Waals surface area (Å²) in [6.45, 7) is 0. The monoisotopic (exact) mass is 340 g/mol. The van der Waals surface area contributed by atoms with E-state index in [-0.39, 0.29) is 11.9 Å². The molecule has 0 spiro atoms. The summed E-state index contributed by atoms with van der Waals surface area (Å²) in [5.74, 6) is 0.844. The fourth-order valence-corrected chi connectivity index (χ4v) is 2.36. The highest BCUT2D eigenvalue weighted by Crippen LogP contribution is 2.34. The molecule has 0 saturated heterocycles. The molecule has 2 aromatic rings. The molecule has 1 heterocycles. The molecule has 1 unspecified atom stereocenters. The number of nitro groups is 1. The van der Waals surface area contributed by atoms with E-state index in [0.717, 1.165) is 10.0 Å². The van der Waals surface area contributed by atoms with Crippen LogP contribution in [0.15, 0.2) is 39.2 Å². The average Bonchev–Trinajstić information content (AvgIpc) is 2.90. The zero-order valence-electron chi connectivity index (χ0n) is 10.9. The Labute approximate surface area is 124 Å². The van der Waals surface area contributed by atoms with Gasteiger partial charge in [-0.15, -0.1) is 0 Å². The Morgan fingerprint density at radius 1 is 1.40 bits per heavy atom. The van der Waals surface area contributed by atoms with Crippen molar-refractivity contribution in [3.63, 3.8) is 0 Å². The van der Waals surface area contributed by atoms with Crippen LogP contribution in [0.4, 0.5) is 5.88 Å². The molecule has 0 bridgehead atoms. The van der Waals surface area contributed by atoms with Crippen LogP contribution in [0.3, 0.4) is 0 Å². The van der Waals surface area contributed by atoms with Gasteiger partial charge in [-0.05, 0) is 31.3 Å². The van der Waals surface area contributed by atoms with Gasteiger partial charge >= 0.3 is 5.88 Å². The van der Waals surface area contributed by atoms with Crippen molar-refractivity contribution in [1.82, 2.24) is 5.32 Å². The number of hydrogen-bond acceptors (Lipinski definition) is 5. The molecule has 2 rings (SSSR count). The predicted molar refractivity (Wildman–Crippen MR) is 77.0 cm³/mol. The van der Waals surface area contributed by atoms with Crippen molar-refractivity contribution in [2.24, 2.45) is 0 Å². The third kappa shape index (κ3) is 2.83. The number of halogens is 1. The second kappa shape index (κ2) is 6.06. The molecule has 20 heavy (non-hydrogen) atoms. The van der Waals surface area contributed by atoms with Gasteiger partial charge in [0, 0.05) is 10.0 Å². The van der Waals surface area contributed by atoms with Gasteiger partial charge in [-0.2, -0.15) is 0 Å². The number of furan rings is 1. The molecule has 1 atom stereocenters. The molecule has 0 saturated carbocycles. The van der Waals surface area contributed by atoms with E-state index < -0.39 is 4.92 Å². The molecule has 7 heteroatoms. The fourth-order valence-electron chi connectivity index (χ4n) is 1.98. The maximum absolute atomic E-state index is 10.7. The van der Waals surface area contributed by atoms with E-state index in [2.05, 4.69) is 21.2 Å². The van der Waals surface area contributed by atoms with Crippen molar-refractivity contribution in [2.75, 3.05) is 14.2 Å². The van der Waals surface area contributed by atoms with Gasteiger partial charge in [0.1, 0.15) is 16.4 Å². The largest absolute Gasteiger partial charge is 0.496 e. The highest BCUT2D eigenvalue weighted by Gasteiger charge is 2.23. The number of hydrogen-bond donors (Lipinski definition) is 1. The van der Waals surface area contributed by atoms with Crippen LogP contribution >= 0.6 is 15.9 Å². The normalized spacial score (nSPS) is 12.2. The quantitative estimate of drug-likeness (QED) is 0.667. The van der Waals surface area contributed by atoms with Gasteiger partial charge in [-0.25, -0.2) is 0 Å². The average molecular weight is 341 g/mol. The molecule has 0 aliphatic carbocycles. The van der Waals surface area contributed by atoms with E-state index in [0.29, 0.717) is 11.5 Å². The summed E-state index contributed by atoms with van der Waals surface area (Å²) in [6.07, 6.45) is 0. The van der Waals surface area contributed by atoms with Crippen LogP contribution in [0.2, 0.25) is 0 Å².